The van der Waals surface area contributed by atoms with Crippen LogP contribution in [0.5, 0.6) is 0 Å². The molecule has 1 N–H and O–H groups in total. The zero-order chi connectivity index (χ0) is 9.80. The van der Waals surface area contributed by atoms with Crippen molar-refractivity contribution < 1.29 is 0 Å². The first-order valence-corrected chi connectivity index (χ1v) is 4.95. The van der Waals surface area contributed by atoms with E-state index in [0.717, 1.165) is 13.1 Å². The van der Waals surface area contributed by atoms with Crippen LogP contribution in [0.25, 0.3) is 0 Å². The maximum atomic E-state index is 4.18. The maximum Gasteiger partial charge on any atom is 0.245 e. The molecule has 1 aliphatic heterocycles. The van der Waals surface area contributed by atoms with E-state index in [4.69, 9.17) is 0 Å². The molecular weight excluding hydrogens is 178 g/mol. The monoisotopic (exact) mass is 193 g/mol. The van der Waals surface area contributed by atoms with Gasteiger partial charge in [-0.3, -0.25) is 0 Å². The summed E-state index contributed by atoms with van der Waals surface area (Å²) in [5.74, 6) is 0.709. The second-order valence-electron chi connectivity index (χ2n) is 3.55. The summed E-state index contributed by atoms with van der Waals surface area (Å²) in [5, 5.41) is 11.2. The van der Waals surface area contributed by atoms with E-state index in [2.05, 4.69) is 25.4 Å². The first-order chi connectivity index (χ1) is 6.88. The number of anilines is 1. The second kappa shape index (κ2) is 4.32. The van der Waals surface area contributed by atoms with Crippen LogP contribution in [0.15, 0.2) is 12.4 Å². The third-order valence-electron chi connectivity index (χ3n) is 2.60. The summed E-state index contributed by atoms with van der Waals surface area (Å²) in [5.41, 5.74) is 0. The Kier molecular flexibility index (Phi) is 2.88. The van der Waals surface area contributed by atoms with Gasteiger partial charge in [0.1, 0.15) is 0 Å². The first-order valence-electron chi connectivity index (χ1n) is 4.95. The highest BCUT2D eigenvalue weighted by Crippen LogP contribution is 2.12. The van der Waals surface area contributed by atoms with Gasteiger partial charge in [0.05, 0.1) is 12.4 Å². The fraction of sp³-hybridized carbons (Fsp3) is 0.667. The molecule has 1 saturated heterocycles. The summed E-state index contributed by atoms with van der Waals surface area (Å²) in [6, 6.07) is 0.493. The molecule has 0 aliphatic carbocycles. The molecule has 1 unspecified atom stereocenters. The second-order valence-corrected chi connectivity index (χ2v) is 3.55. The molecule has 14 heavy (non-hydrogen) atoms. The third-order valence-corrected chi connectivity index (χ3v) is 2.60. The maximum absolute atomic E-state index is 4.18. The van der Waals surface area contributed by atoms with E-state index in [1.807, 2.05) is 7.05 Å². The van der Waals surface area contributed by atoms with Gasteiger partial charge in [0.15, 0.2) is 0 Å². The number of rotatable bonds is 2. The van der Waals surface area contributed by atoms with Crippen LogP contribution in [0.3, 0.4) is 0 Å². The van der Waals surface area contributed by atoms with Gasteiger partial charge < -0.3 is 10.2 Å². The normalized spacial score (nSPS) is 21.9. The van der Waals surface area contributed by atoms with E-state index in [-0.39, 0.29) is 0 Å². The Morgan fingerprint density at radius 2 is 2.43 bits per heavy atom. The summed E-state index contributed by atoms with van der Waals surface area (Å²) in [4.78, 5) is 6.27. The minimum atomic E-state index is 0.493. The van der Waals surface area contributed by atoms with Crippen molar-refractivity contribution in [3.05, 3.63) is 12.4 Å². The van der Waals surface area contributed by atoms with Gasteiger partial charge >= 0.3 is 0 Å². The number of hydrogen-bond donors (Lipinski definition) is 1. The summed E-state index contributed by atoms with van der Waals surface area (Å²) in [6.45, 7) is 2.13. The van der Waals surface area contributed by atoms with Crippen LogP contribution >= 0.6 is 0 Å². The summed E-state index contributed by atoms with van der Waals surface area (Å²) < 4.78 is 0. The molecule has 5 nitrogen and oxygen atoms in total. The van der Waals surface area contributed by atoms with Crippen molar-refractivity contribution in [2.75, 3.05) is 25.0 Å². The molecule has 2 rings (SSSR count). The molecule has 0 bridgehead atoms. The fourth-order valence-corrected chi connectivity index (χ4v) is 1.73. The highest BCUT2D eigenvalue weighted by Gasteiger charge is 2.19. The summed E-state index contributed by atoms with van der Waals surface area (Å²) >= 11 is 0. The molecule has 0 radical (unpaired) electrons. The van der Waals surface area contributed by atoms with Crippen molar-refractivity contribution in [2.45, 2.75) is 18.9 Å². The SMILES string of the molecule is CN(c1nccnn1)C1CCCNC1. The van der Waals surface area contributed by atoms with Gasteiger partial charge in [0.2, 0.25) is 5.95 Å². The quantitative estimate of drug-likeness (QED) is 0.719. The molecule has 1 fully saturated rings. The first kappa shape index (κ1) is 9.33. The topological polar surface area (TPSA) is 53.9 Å². The van der Waals surface area contributed by atoms with Crippen LogP contribution < -0.4 is 10.2 Å². The standard InChI is InChI=1S/C9H15N5/c1-14(8-3-2-4-10-7-8)9-11-5-6-12-13-9/h5-6,8,10H,2-4,7H2,1H3. The van der Waals surface area contributed by atoms with Gasteiger partial charge in [-0.1, -0.05) is 0 Å². The van der Waals surface area contributed by atoms with Crippen LogP contribution in [0.2, 0.25) is 0 Å². The van der Waals surface area contributed by atoms with E-state index in [1.165, 1.54) is 12.8 Å². The zero-order valence-corrected chi connectivity index (χ0v) is 8.35. The highest BCUT2D eigenvalue weighted by atomic mass is 15.3. The minimum Gasteiger partial charge on any atom is -0.338 e. The van der Waals surface area contributed by atoms with Crippen molar-refractivity contribution in [1.29, 1.82) is 0 Å². The predicted molar refractivity (Wildman–Crippen MR) is 54.1 cm³/mol. The minimum absolute atomic E-state index is 0.493. The molecule has 76 valence electrons. The zero-order valence-electron chi connectivity index (χ0n) is 8.35. The lowest BCUT2D eigenvalue weighted by molar-refractivity contribution is 0.440. The Morgan fingerprint density at radius 3 is 3.07 bits per heavy atom. The summed E-state index contributed by atoms with van der Waals surface area (Å²) in [6.07, 6.45) is 5.68. The molecular formula is C9H15N5. The largest absolute Gasteiger partial charge is 0.338 e. The van der Waals surface area contributed by atoms with Crippen molar-refractivity contribution in [3.63, 3.8) is 0 Å². The number of nitrogens with zero attached hydrogens (tertiary/aromatic N) is 4. The van der Waals surface area contributed by atoms with Crippen molar-refractivity contribution in [2.24, 2.45) is 0 Å². The Labute approximate surface area is 83.6 Å². The van der Waals surface area contributed by atoms with Crippen LogP contribution in [0.1, 0.15) is 12.8 Å². The lowest BCUT2D eigenvalue weighted by atomic mass is 10.1. The Morgan fingerprint density at radius 1 is 1.50 bits per heavy atom. The lowest BCUT2D eigenvalue weighted by Crippen LogP contribution is -2.44. The van der Waals surface area contributed by atoms with Gasteiger partial charge in [-0.05, 0) is 19.4 Å². The molecule has 1 aliphatic rings. The van der Waals surface area contributed by atoms with E-state index in [0.29, 0.717) is 12.0 Å². The van der Waals surface area contributed by atoms with Crippen molar-refractivity contribution in [3.8, 4) is 0 Å². The number of piperidine rings is 1. The van der Waals surface area contributed by atoms with Crippen molar-refractivity contribution >= 4 is 5.95 Å². The molecule has 0 amide bonds. The van der Waals surface area contributed by atoms with Gasteiger partial charge in [0, 0.05) is 19.6 Å². The van der Waals surface area contributed by atoms with E-state index >= 15 is 0 Å². The molecule has 1 atom stereocenters. The molecule has 1 aromatic rings. The Hall–Kier alpha value is -1.23. The third kappa shape index (κ3) is 1.98. The number of likely N-dealkylation sites (N-methyl/N-ethyl adjacent to an activating group) is 1. The van der Waals surface area contributed by atoms with E-state index in [1.54, 1.807) is 12.4 Å². The van der Waals surface area contributed by atoms with Gasteiger partial charge in [-0.15, -0.1) is 5.10 Å². The highest BCUT2D eigenvalue weighted by molar-refractivity contribution is 5.27. The van der Waals surface area contributed by atoms with Crippen LogP contribution in [0.4, 0.5) is 5.95 Å². The smallest absolute Gasteiger partial charge is 0.245 e. The lowest BCUT2D eigenvalue weighted by Gasteiger charge is -2.31. The number of aromatic nitrogens is 3. The molecule has 0 saturated carbocycles. The average molecular weight is 193 g/mol. The van der Waals surface area contributed by atoms with Crippen LogP contribution in [0, 0.1) is 0 Å². The molecule has 2 heterocycles. The molecule has 5 heteroatoms. The average Bonchev–Trinajstić information content (AvgIpc) is 2.30. The molecule has 0 spiro atoms. The Balaban J connectivity index is 2.03. The molecule has 1 aromatic heterocycles. The number of hydrogen-bond acceptors (Lipinski definition) is 5. The van der Waals surface area contributed by atoms with E-state index in [9.17, 15) is 0 Å². The van der Waals surface area contributed by atoms with E-state index < -0.39 is 0 Å². The Bertz CT molecular complexity index is 270. The fourth-order valence-electron chi connectivity index (χ4n) is 1.73. The van der Waals surface area contributed by atoms with Crippen molar-refractivity contribution in [1.82, 2.24) is 20.5 Å². The van der Waals surface area contributed by atoms with Gasteiger partial charge in [-0.25, -0.2) is 4.98 Å². The molecule has 0 aromatic carbocycles. The van der Waals surface area contributed by atoms with Crippen LogP contribution in [-0.2, 0) is 0 Å². The summed E-state index contributed by atoms with van der Waals surface area (Å²) in [7, 11) is 2.02. The number of nitrogens with one attached hydrogen (secondary N) is 1. The van der Waals surface area contributed by atoms with Crippen LogP contribution in [-0.4, -0.2) is 41.4 Å². The van der Waals surface area contributed by atoms with Gasteiger partial charge in [0.25, 0.3) is 0 Å². The predicted octanol–water partition coefficient (Wildman–Crippen LogP) is 0.0598. The van der Waals surface area contributed by atoms with Gasteiger partial charge in [-0.2, -0.15) is 5.10 Å².